The van der Waals surface area contributed by atoms with E-state index < -0.39 is 29.3 Å². The van der Waals surface area contributed by atoms with Crippen LogP contribution in [-0.2, 0) is 16.0 Å². The van der Waals surface area contributed by atoms with Gasteiger partial charge in [0.1, 0.15) is 23.0 Å². The highest BCUT2D eigenvalue weighted by Crippen LogP contribution is 2.30. The van der Waals surface area contributed by atoms with Crippen molar-refractivity contribution < 1.29 is 23.5 Å². The molecule has 0 fully saturated rings. The van der Waals surface area contributed by atoms with E-state index >= 15 is 0 Å². The molecule has 7 nitrogen and oxygen atoms in total. The van der Waals surface area contributed by atoms with Gasteiger partial charge in [-0.25, -0.2) is 14.4 Å². The zero-order chi connectivity index (χ0) is 23.3. The number of rotatable bonds is 7. The lowest BCUT2D eigenvalue weighted by molar-refractivity contribution is -0.137. The van der Waals surface area contributed by atoms with Crippen molar-refractivity contribution in [1.82, 2.24) is 5.32 Å². The number of nitrogens with one attached hydrogen (secondary N) is 1. The molecule has 7 heteroatoms. The van der Waals surface area contributed by atoms with Gasteiger partial charge in [0, 0.05) is 6.07 Å². The van der Waals surface area contributed by atoms with Crippen LogP contribution in [0.1, 0.15) is 65.5 Å². The van der Waals surface area contributed by atoms with Gasteiger partial charge in [0.05, 0.1) is 5.39 Å². The van der Waals surface area contributed by atoms with E-state index in [-0.39, 0.29) is 0 Å². The third-order valence-corrected chi connectivity index (χ3v) is 4.63. The third kappa shape index (κ3) is 7.12. The van der Waals surface area contributed by atoms with Gasteiger partial charge in [0.15, 0.2) is 0 Å². The SMILES string of the molecule is CCc1cc(=O)oc2cc(C)cc(OC(=O)[C@@H](CCC(C)C)NC(=O)OC(C)(C)C)c12. The number of carbonyl (C=O) groups is 2. The van der Waals surface area contributed by atoms with Crippen molar-refractivity contribution >= 4 is 23.0 Å². The van der Waals surface area contributed by atoms with Crippen molar-refractivity contribution in [3.63, 3.8) is 0 Å². The molecule has 0 saturated carbocycles. The van der Waals surface area contributed by atoms with E-state index in [9.17, 15) is 14.4 Å². The Morgan fingerprint density at radius 1 is 1.13 bits per heavy atom. The second-order valence-corrected chi connectivity index (χ2v) is 9.17. The van der Waals surface area contributed by atoms with Gasteiger partial charge in [-0.05, 0) is 76.1 Å². The highest BCUT2D eigenvalue weighted by Gasteiger charge is 2.27. The minimum atomic E-state index is -0.867. The topological polar surface area (TPSA) is 94.8 Å². The first-order chi connectivity index (χ1) is 14.4. The fourth-order valence-electron chi connectivity index (χ4n) is 3.21. The average Bonchev–Trinajstić information content (AvgIpc) is 2.61. The number of esters is 1. The fraction of sp³-hybridized carbons (Fsp3) is 0.542. The summed E-state index contributed by atoms with van der Waals surface area (Å²) < 4.78 is 16.4. The minimum Gasteiger partial charge on any atom is -0.444 e. The molecule has 0 spiro atoms. The molecule has 1 amide bonds. The van der Waals surface area contributed by atoms with Crippen LogP contribution in [0.2, 0.25) is 0 Å². The highest BCUT2D eigenvalue weighted by atomic mass is 16.6. The summed E-state index contributed by atoms with van der Waals surface area (Å²) in [7, 11) is 0. The van der Waals surface area contributed by atoms with Crippen molar-refractivity contribution in [3.8, 4) is 5.75 Å². The van der Waals surface area contributed by atoms with Crippen molar-refractivity contribution in [2.24, 2.45) is 5.92 Å². The van der Waals surface area contributed by atoms with Crippen LogP contribution < -0.4 is 15.7 Å². The maximum atomic E-state index is 13.1. The van der Waals surface area contributed by atoms with Crippen LogP contribution in [-0.4, -0.2) is 23.7 Å². The molecule has 1 aromatic carbocycles. The summed E-state index contributed by atoms with van der Waals surface area (Å²) in [4.78, 5) is 37.2. The van der Waals surface area contributed by atoms with Crippen LogP contribution in [0, 0.1) is 12.8 Å². The van der Waals surface area contributed by atoms with Gasteiger partial charge in [-0.15, -0.1) is 0 Å². The number of carbonyl (C=O) groups excluding carboxylic acids is 2. The number of aryl methyl sites for hydroxylation is 2. The van der Waals surface area contributed by atoms with E-state index in [1.807, 2.05) is 27.7 Å². The third-order valence-electron chi connectivity index (χ3n) is 4.63. The van der Waals surface area contributed by atoms with E-state index in [2.05, 4.69) is 5.32 Å². The standard InChI is InChI=1S/C24H33NO6/c1-8-16-13-20(26)29-18-11-15(4)12-19(21(16)18)30-22(27)17(10-9-14(2)3)25-23(28)31-24(5,6)7/h11-14,17H,8-10H2,1-7H3,(H,25,28)/t17-/m1/s1. The van der Waals surface area contributed by atoms with E-state index in [1.54, 1.807) is 32.9 Å². The molecule has 0 unspecified atom stereocenters. The van der Waals surface area contributed by atoms with Crippen molar-refractivity contribution in [2.45, 2.75) is 79.4 Å². The molecular formula is C24H33NO6. The van der Waals surface area contributed by atoms with Gasteiger partial charge in [0.2, 0.25) is 0 Å². The van der Waals surface area contributed by atoms with Crippen LogP contribution in [0.3, 0.4) is 0 Å². The number of alkyl carbamates (subject to hydrolysis) is 1. The van der Waals surface area contributed by atoms with E-state index in [0.29, 0.717) is 35.5 Å². The molecule has 0 aliphatic heterocycles. The normalized spacial score (nSPS) is 12.6. The Balaban J connectivity index is 2.36. The molecule has 0 aliphatic carbocycles. The monoisotopic (exact) mass is 431 g/mol. The van der Waals surface area contributed by atoms with Crippen LogP contribution in [0.5, 0.6) is 5.75 Å². The summed E-state index contributed by atoms with van der Waals surface area (Å²) >= 11 is 0. The fourth-order valence-corrected chi connectivity index (χ4v) is 3.21. The Kier molecular flexibility index (Phi) is 7.87. The molecular weight excluding hydrogens is 398 g/mol. The second-order valence-electron chi connectivity index (χ2n) is 9.17. The van der Waals surface area contributed by atoms with Crippen LogP contribution in [0.15, 0.2) is 27.4 Å². The molecule has 1 heterocycles. The number of fused-ring (bicyclic) bond motifs is 1. The maximum absolute atomic E-state index is 13.1. The molecule has 31 heavy (non-hydrogen) atoms. The van der Waals surface area contributed by atoms with Gasteiger partial charge in [-0.3, -0.25) is 0 Å². The second kappa shape index (κ2) is 9.98. The molecule has 1 N–H and O–H groups in total. The zero-order valence-corrected chi connectivity index (χ0v) is 19.5. The average molecular weight is 432 g/mol. The van der Waals surface area contributed by atoms with Crippen molar-refractivity contribution in [3.05, 3.63) is 39.7 Å². The smallest absolute Gasteiger partial charge is 0.408 e. The molecule has 170 valence electrons. The Morgan fingerprint density at radius 3 is 2.39 bits per heavy atom. The summed E-state index contributed by atoms with van der Waals surface area (Å²) in [5.74, 6) is 0.0595. The number of ether oxygens (including phenoxy) is 2. The molecule has 1 atom stereocenters. The van der Waals surface area contributed by atoms with Gasteiger partial charge in [-0.1, -0.05) is 20.8 Å². The Labute approximate surface area is 183 Å². The molecule has 2 rings (SSSR count). The Morgan fingerprint density at radius 2 is 1.81 bits per heavy atom. The number of benzene rings is 1. The largest absolute Gasteiger partial charge is 0.444 e. The lowest BCUT2D eigenvalue weighted by atomic mass is 10.0. The first-order valence-electron chi connectivity index (χ1n) is 10.7. The minimum absolute atomic E-state index is 0.307. The van der Waals surface area contributed by atoms with Crippen LogP contribution in [0.25, 0.3) is 11.0 Å². The number of hydrogen-bond acceptors (Lipinski definition) is 6. The van der Waals surface area contributed by atoms with E-state index in [0.717, 1.165) is 17.5 Å². The summed E-state index contributed by atoms with van der Waals surface area (Å²) in [6.45, 7) is 13.1. The molecule has 1 aromatic heterocycles. The lowest BCUT2D eigenvalue weighted by Crippen LogP contribution is -2.45. The van der Waals surface area contributed by atoms with Gasteiger partial charge >= 0.3 is 17.7 Å². The molecule has 0 radical (unpaired) electrons. The summed E-state index contributed by atoms with van der Waals surface area (Å²) in [5.41, 5.74) is 0.745. The predicted octanol–water partition coefficient (Wildman–Crippen LogP) is 4.90. The van der Waals surface area contributed by atoms with Gasteiger partial charge in [-0.2, -0.15) is 0 Å². The first kappa shape index (κ1) is 24.4. The molecule has 2 aromatic rings. The van der Waals surface area contributed by atoms with E-state index in [1.165, 1.54) is 6.07 Å². The predicted molar refractivity (Wildman–Crippen MR) is 119 cm³/mol. The highest BCUT2D eigenvalue weighted by molar-refractivity contribution is 5.91. The molecule has 0 aliphatic rings. The summed E-state index contributed by atoms with van der Waals surface area (Å²) in [6.07, 6.45) is 1.03. The number of hydrogen-bond donors (Lipinski definition) is 1. The first-order valence-corrected chi connectivity index (χ1v) is 10.7. The van der Waals surface area contributed by atoms with Crippen molar-refractivity contribution in [1.29, 1.82) is 0 Å². The van der Waals surface area contributed by atoms with Gasteiger partial charge in [0.25, 0.3) is 0 Å². The van der Waals surface area contributed by atoms with Crippen LogP contribution >= 0.6 is 0 Å². The molecule has 0 bridgehead atoms. The van der Waals surface area contributed by atoms with Crippen LogP contribution in [0.4, 0.5) is 4.79 Å². The van der Waals surface area contributed by atoms with Crippen molar-refractivity contribution in [2.75, 3.05) is 0 Å². The summed E-state index contributed by atoms with van der Waals surface area (Å²) in [5, 5.41) is 3.22. The lowest BCUT2D eigenvalue weighted by Gasteiger charge is -2.23. The number of amides is 1. The Bertz CT molecular complexity index is 1000. The zero-order valence-electron chi connectivity index (χ0n) is 19.5. The molecule has 0 saturated heterocycles. The van der Waals surface area contributed by atoms with Gasteiger partial charge < -0.3 is 19.2 Å². The maximum Gasteiger partial charge on any atom is 0.408 e. The summed E-state index contributed by atoms with van der Waals surface area (Å²) in [6, 6.07) is 4.01. The Hall–Kier alpha value is -2.83. The van der Waals surface area contributed by atoms with E-state index in [4.69, 9.17) is 13.9 Å². The quantitative estimate of drug-likeness (QED) is 0.381.